The van der Waals surface area contributed by atoms with Crippen molar-refractivity contribution in [2.24, 2.45) is 5.73 Å². The van der Waals surface area contributed by atoms with Crippen molar-refractivity contribution >= 4 is 21.8 Å². The molecule has 0 aliphatic carbocycles. The Labute approximate surface area is 228 Å². The van der Waals surface area contributed by atoms with Gasteiger partial charge in [-0.3, -0.25) is 10.2 Å². The fraction of sp³-hybridized carbons (Fsp3) is 0.533. The number of nitrogens with zero attached hydrogens (tertiary/aromatic N) is 1. The van der Waals surface area contributed by atoms with Gasteiger partial charge in [-0.1, -0.05) is 71.9 Å². The van der Waals surface area contributed by atoms with E-state index in [9.17, 15) is 13.2 Å². The van der Waals surface area contributed by atoms with Crippen LogP contribution >= 0.6 is 0 Å². The number of nitrogens with one attached hydrogen (secondary N) is 2. The van der Waals surface area contributed by atoms with Crippen LogP contribution in [0.25, 0.3) is 0 Å². The van der Waals surface area contributed by atoms with Crippen molar-refractivity contribution in [1.82, 2.24) is 9.62 Å². The summed E-state index contributed by atoms with van der Waals surface area (Å²) in [6.45, 7) is 13.5. The van der Waals surface area contributed by atoms with Gasteiger partial charge < -0.3 is 10.6 Å². The molecular formula is C30H44N4O3S. The third kappa shape index (κ3) is 7.03. The summed E-state index contributed by atoms with van der Waals surface area (Å²) in [5.41, 5.74) is 9.64. The Balaban J connectivity index is 2.10. The Bertz CT molecular complexity index is 1230. The summed E-state index contributed by atoms with van der Waals surface area (Å²) in [6, 6.07) is 10.2. The number of hydrogen-bond donors (Lipinski definition) is 3. The maximum absolute atomic E-state index is 14.2. The number of benzene rings is 2. The van der Waals surface area contributed by atoms with Crippen molar-refractivity contribution in [2.75, 3.05) is 13.1 Å². The molecule has 7 nitrogen and oxygen atoms in total. The molecule has 1 aliphatic rings. The molecule has 0 aromatic heterocycles. The van der Waals surface area contributed by atoms with Gasteiger partial charge in [0, 0.05) is 18.7 Å². The topological polar surface area (TPSA) is 116 Å². The average molecular weight is 541 g/mol. The number of rotatable bonds is 10. The van der Waals surface area contributed by atoms with E-state index in [1.165, 1.54) is 0 Å². The van der Waals surface area contributed by atoms with Crippen molar-refractivity contribution in [2.45, 2.75) is 95.9 Å². The summed E-state index contributed by atoms with van der Waals surface area (Å²) in [5.74, 6) is -0.0449. The van der Waals surface area contributed by atoms with Crippen LogP contribution in [0, 0.1) is 5.41 Å². The molecule has 0 unspecified atom stereocenters. The third-order valence-electron chi connectivity index (χ3n) is 7.29. The Morgan fingerprint density at radius 1 is 0.947 bits per heavy atom. The Hall–Kier alpha value is -2.71. The summed E-state index contributed by atoms with van der Waals surface area (Å²) < 4.78 is 31.2. The highest BCUT2D eigenvalue weighted by atomic mass is 32.2. The predicted molar refractivity (Wildman–Crippen MR) is 154 cm³/mol. The monoisotopic (exact) mass is 540 g/mol. The highest BCUT2D eigenvalue weighted by molar-refractivity contribution is 7.89. The molecule has 1 atom stereocenters. The summed E-state index contributed by atoms with van der Waals surface area (Å²) >= 11 is 0. The minimum absolute atomic E-state index is 0.0127. The SMILES string of the molecule is CC(C)c1cc(C(C)C)c(S(=O)(=O)N[C@@H](Cc2cccc(C(=N)N)c2)C(=O)N2CCCCC2)c(C(C)C)c1. The molecule has 1 aliphatic heterocycles. The maximum Gasteiger partial charge on any atom is 0.241 e. The quantitative estimate of drug-likeness (QED) is 0.282. The van der Waals surface area contributed by atoms with E-state index in [0.29, 0.717) is 23.5 Å². The van der Waals surface area contributed by atoms with Crippen molar-refractivity contribution in [3.8, 4) is 0 Å². The molecule has 2 aromatic carbocycles. The van der Waals surface area contributed by atoms with Crippen LogP contribution in [0.1, 0.15) is 106 Å². The van der Waals surface area contributed by atoms with E-state index in [4.69, 9.17) is 11.1 Å². The van der Waals surface area contributed by atoms with E-state index in [0.717, 1.165) is 41.5 Å². The molecule has 0 bridgehead atoms. The number of amidine groups is 1. The first-order chi connectivity index (χ1) is 17.8. The van der Waals surface area contributed by atoms with E-state index >= 15 is 0 Å². The predicted octanol–water partition coefficient (Wildman–Crippen LogP) is 5.24. The molecule has 2 aromatic rings. The van der Waals surface area contributed by atoms with Crippen molar-refractivity contribution < 1.29 is 13.2 Å². The van der Waals surface area contributed by atoms with Gasteiger partial charge in [0.1, 0.15) is 11.9 Å². The molecule has 3 rings (SSSR count). The maximum atomic E-state index is 14.2. The van der Waals surface area contributed by atoms with Crippen molar-refractivity contribution in [3.63, 3.8) is 0 Å². The van der Waals surface area contributed by atoms with E-state index < -0.39 is 16.1 Å². The molecule has 0 spiro atoms. The fourth-order valence-electron chi connectivity index (χ4n) is 5.06. The zero-order chi connectivity index (χ0) is 28.2. The van der Waals surface area contributed by atoms with Crippen molar-refractivity contribution in [1.29, 1.82) is 5.41 Å². The molecule has 38 heavy (non-hydrogen) atoms. The first kappa shape index (κ1) is 29.8. The second kappa shape index (κ2) is 12.4. The highest BCUT2D eigenvalue weighted by Gasteiger charge is 2.33. The summed E-state index contributed by atoms with van der Waals surface area (Å²) in [4.78, 5) is 15.8. The van der Waals surface area contributed by atoms with E-state index in [1.807, 2.05) is 45.9 Å². The van der Waals surface area contributed by atoms with Crippen LogP contribution in [-0.2, 0) is 21.2 Å². The number of sulfonamides is 1. The first-order valence-electron chi connectivity index (χ1n) is 13.7. The van der Waals surface area contributed by atoms with Gasteiger partial charge in [0.25, 0.3) is 0 Å². The van der Waals surface area contributed by atoms with Crippen LogP contribution in [0.4, 0.5) is 0 Å². The van der Waals surface area contributed by atoms with Crippen LogP contribution < -0.4 is 10.5 Å². The van der Waals surface area contributed by atoms with E-state index in [1.54, 1.807) is 23.1 Å². The van der Waals surface area contributed by atoms with Gasteiger partial charge in [-0.2, -0.15) is 4.72 Å². The second-order valence-electron chi connectivity index (χ2n) is 11.4. The minimum Gasteiger partial charge on any atom is -0.384 e. The number of amides is 1. The number of carbonyl (C=O) groups is 1. The largest absolute Gasteiger partial charge is 0.384 e. The number of carbonyl (C=O) groups excluding carboxylic acids is 1. The lowest BCUT2D eigenvalue weighted by molar-refractivity contribution is -0.133. The Morgan fingerprint density at radius 2 is 1.53 bits per heavy atom. The van der Waals surface area contributed by atoms with Gasteiger partial charge in [-0.15, -0.1) is 0 Å². The van der Waals surface area contributed by atoms with Crippen LogP contribution in [0.3, 0.4) is 0 Å². The first-order valence-corrected chi connectivity index (χ1v) is 15.2. The zero-order valence-corrected chi connectivity index (χ0v) is 24.5. The van der Waals surface area contributed by atoms with Gasteiger partial charge in [0.2, 0.25) is 15.9 Å². The molecule has 4 N–H and O–H groups in total. The van der Waals surface area contributed by atoms with Crippen LogP contribution in [0.15, 0.2) is 41.3 Å². The Morgan fingerprint density at radius 3 is 2.03 bits per heavy atom. The fourth-order valence-corrected chi connectivity index (χ4v) is 6.95. The molecule has 0 radical (unpaired) electrons. The molecule has 1 saturated heterocycles. The van der Waals surface area contributed by atoms with Gasteiger partial charge in [-0.25, -0.2) is 8.42 Å². The van der Waals surface area contributed by atoms with E-state index in [-0.39, 0.29) is 35.9 Å². The van der Waals surface area contributed by atoms with Gasteiger partial charge in [-0.05, 0) is 71.8 Å². The molecule has 1 heterocycles. The molecule has 1 amide bonds. The average Bonchev–Trinajstić information content (AvgIpc) is 2.87. The summed E-state index contributed by atoms with van der Waals surface area (Å²) in [7, 11) is -4.05. The standard InChI is InChI=1S/C30H44N4O3S/c1-19(2)24-17-25(20(3)4)28(26(18-24)21(5)6)38(36,37)33-27(30(35)34-13-8-7-9-14-34)16-22-11-10-12-23(15-22)29(31)32/h10-12,15,17-21,27,33H,7-9,13-14,16H2,1-6H3,(H3,31,32)/t27-/m0/s1. The van der Waals surface area contributed by atoms with Crippen LogP contribution in [-0.4, -0.2) is 44.2 Å². The molecule has 1 fully saturated rings. The lowest BCUT2D eigenvalue weighted by Crippen LogP contribution is -2.51. The molecular weight excluding hydrogens is 496 g/mol. The van der Waals surface area contributed by atoms with Gasteiger partial charge in [0.05, 0.1) is 4.90 Å². The summed E-state index contributed by atoms with van der Waals surface area (Å²) in [6.07, 6.45) is 3.07. The number of hydrogen-bond acceptors (Lipinski definition) is 4. The van der Waals surface area contributed by atoms with Crippen molar-refractivity contribution in [3.05, 3.63) is 64.2 Å². The lowest BCUT2D eigenvalue weighted by atomic mass is 9.89. The normalized spacial score (nSPS) is 15.3. The molecule has 8 heteroatoms. The highest BCUT2D eigenvalue weighted by Crippen LogP contribution is 2.35. The number of likely N-dealkylation sites (tertiary alicyclic amines) is 1. The summed E-state index contributed by atoms with van der Waals surface area (Å²) in [5, 5.41) is 7.78. The van der Waals surface area contributed by atoms with Gasteiger partial charge in [0.15, 0.2) is 0 Å². The number of nitrogen functional groups attached to an aromatic ring is 1. The lowest BCUT2D eigenvalue weighted by Gasteiger charge is -2.31. The molecule has 208 valence electrons. The Kier molecular flexibility index (Phi) is 9.76. The number of nitrogens with two attached hydrogens (primary N) is 1. The molecule has 0 saturated carbocycles. The second-order valence-corrected chi connectivity index (χ2v) is 13.0. The van der Waals surface area contributed by atoms with Crippen LogP contribution in [0.5, 0.6) is 0 Å². The minimum atomic E-state index is -4.05. The third-order valence-corrected chi connectivity index (χ3v) is 8.89. The van der Waals surface area contributed by atoms with Crippen LogP contribution in [0.2, 0.25) is 0 Å². The smallest absolute Gasteiger partial charge is 0.241 e. The number of piperidine rings is 1. The van der Waals surface area contributed by atoms with E-state index in [2.05, 4.69) is 18.6 Å². The van der Waals surface area contributed by atoms with Gasteiger partial charge >= 0.3 is 0 Å². The zero-order valence-electron chi connectivity index (χ0n) is 23.7.